The molecule has 23 heavy (non-hydrogen) atoms. The summed E-state index contributed by atoms with van der Waals surface area (Å²) in [6, 6.07) is 10.4. The van der Waals surface area contributed by atoms with Gasteiger partial charge < -0.3 is 0 Å². The maximum absolute atomic E-state index is 4.50. The van der Waals surface area contributed by atoms with Crippen LogP contribution in [0.1, 0.15) is 57.1 Å². The predicted molar refractivity (Wildman–Crippen MR) is 97.1 cm³/mol. The molecular weight excluding hydrogens is 284 g/mol. The van der Waals surface area contributed by atoms with E-state index in [2.05, 4.69) is 66.4 Å². The summed E-state index contributed by atoms with van der Waals surface area (Å²) in [5.41, 5.74) is 8.40. The van der Waals surface area contributed by atoms with E-state index in [0.29, 0.717) is 5.95 Å². The largest absolute Gasteiger partial charge is 0.245 e. The molecule has 0 bridgehead atoms. The minimum absolute atomic E-state index is 0.0720. The highest BCUT2D eigenvalue weighted by Crippen LogP contribution is 2.26. The highest BCUT2D eigenvalue weighted by molar-refractivity contribution is 6.00. The van der Waals surface area contributed by atoms with E-state index in [-0.39, 0.29) is 5.41 Å². The van der Waals surface area contributed by atoms with Gasteiger partial charge in [0.2, 0.25) is 5.95 Å². The average molecular weight is 310 g/mol. The Hall–Kier alpha value is -2.23. The second-order valence-electron chi connectivity index (χ2n) is 6.78. The van der Waals surface area contributed by atoms with Crippen LogP contribution in [-0.2, 0) is 11.8 Å². The van der Waals surface area contributed by atoms with E-state index in [1.807, 2.05) is 26.0 Å². The summed E-state index contributed by atoms with van der Waals surface area (Å²) in [5.74, 6) is 0.550. The second kappa shape index (κ2) is 6.90. The normalized spacial score (nSPS) is 12.3. The quantitative estimate of drug-likeness (QED) is 0.669. The number of benzene rings is 1. The van der Waals surface area contributed by atoms with Crippen LogP contribution < -0.4 is 5.43 Å². The number of rotatable bonds is 4. The van der Waals surface area contributed by atoms with Crippen molar-refractivity contribution < 1.29 is 0 Å². The number of hydrogen-bond acceptors (Lipinski definition) is 4. The molecule has 0 spiro atoms. The van der Waals surface area contributed by atoms with Crippen molar-refractivity contribution in [2.75, 3.05) is 5.43 Å². The van der Waals surface area contributed by atoms with Gasteiger partial charge in [-0.3, -0.25) is 0 Å². The molecule has 0 unspecified atom stereocenters. The van der Waals surface area contributed by atoms with Crippen LogP contribution in [0.2, 0.25) is 0 Å². The number of nitrogens with one attached hydrogen (secondary N) is 1. The number of aryl methyl sites for hydroxylation is 2. The molecule has 1 aromatic heterocycles. The minimum atomic E-state index is 0.0720. The lowest BCUT2D eigenvalue weighted by molar-refractivity contribution is 0.589. The third-order valence-corrected chi connectivity index (χ3v) is 3.72. The van der Waals surface area contributed by atoms with Crippen LogP contribution in [0.25, 0.3) is 0 Å². The van der Waals surface area contributed by atoms with Gasteiger partial charge in [0.15, 0.2) is 0 Å². The number of aromatic nitrogens is 2. The van der Waals surface area contributed by atoms with Crippen molar-refractivity contribution in [3.63, 3.8) is 0 Å². The van der Waals surface area contributed by atoms with Crippen LogP contribution >= 0.6 is 0 Å². The topological polar surface area (TPSA) is 50.2 Å². The fourth-order valence-electron chi connectivity index (χ4n) is 2.51. The number of hydrogen-bond donors (Lipinski definition) is 1. The van der Waals surface area contributed by atoms with Crippen molar-refractivity contribution in [1.29, 1.82) is 0 Å². The van der Waals surface area contributed by atoms with E-state index in [0.717, 1.165) is 29.1 Å². The molecule has 0 fully saturated rings. The van der Waals surface area contributed by atoms with Crippen molar-refractivity contribution in [2.24, 2.45) is 5.10 Å². The van der Waals surface area contributed by atoms with Crippen molar-refractivity contribution in [3.05, 3.63) is 52.8 Å². The molecule has 2 rings (SSSR count). The molecular formula is C19H26N4. The summed E-state index contributed by atoms with van der Waals surface area (Å²) in [6.07, 6.45) is 0.883. The monoisotopic (exact) mass is 310 g/mol. The van der Waals surface area contributed by atoms with Gasteiger partial charge in [-0.15, -0.1) is 0 Å². The second-order valence-corrected chi connectivity index (χ2v) is 6.78. The fourth-order valence-corrected chi connectivity index (χ4v) is 2.51. The average Bonchev–Trinajstić information content (AvgIpc) is 2.51. The van der Waals surface area contributed by atoms with Crippen LogP contribution in [0.4, 0.5) is 5.95 Å². The Morgan fingerprint density at radius 3 is 2.52 bits per heavy atom. The molecule has 0 saturated carbocycles. The van der Waals surface area contributed by atoms with Gasteiger partial charge >= 0.3 is 0 Å². The molecule has 0 saturated heterocycles. The molecule has 1 aromatic carbocycles. The molecule has 0 radical (unpaired) electrons. The molecule has 4 heteroatoms. The molecule has 0 amide bonds. The molecule has 0 atom stereocenters. The SMILES string of the molecule is CCc1cc(C)nc(NN=C(C)c2ccccc2C(C)(C)C)n1. The highest BCUT2D eigenvalue weighted by atomic mass is 15.4. The molecule has 1 N–H and O–H groups in total. The molecule has 122 valence electrons. The number of nitrogens with zero attached hydrogens (tertiary/aromatic N) is 3. The molecule has 0 aliphatic rings. The van der Waals surface area contributed by atoms with E-state index in [1.54, 1.807) is 0 Å². The lowest BCUT2D eigenvalue weighted by Crippen LogP contribution is -2.16. The Kier molecular flexibility index (Phi) is 5.14. The van der Waals surface area contributed by atoms with Gasteiger partial charge in [0.05, 0.1) is 5.71 Å². The standard InChI is InChI=1S/C19H26N4/c1-7-15-12-13(2)20-18(21-15)23-22-14(3)16-10-8-9-11-17(16)19(4,5)6/h8-12H,7H2,1-6H3,(H,20,21,23). The van der Waals surface area contributed by atoms with Crippen LogP contribution in [0.5, 0.6) is 0 Å². The van der Waals surface area contributed by atoms with E-state index < -0.39 is 0 Å². The third-order valence-electron chi connectivity index (χ3n) is 3.72. The van der Waals surface area contributed by atoms with Gasteiger partial charge in [-0.25, -0.2) is 15.4 Å². The van der Waals surface area contributed by atoms with Crippen molar-refractivity contribution in [1.82, 2.24) is 9.97 Å². The Bertz CT molecular complexity index is 712. The van der Waals surface area contributed by atoms with Crippen LogP contribution in [0.15, 0.2) is 35.4 Å². The first kappa shape index (κ1) is 17.1. The van der Waals surface area contributed by atoms with Gasteiger partial charge in [0, 0.05) is 17.0 Å². The maximum Gasteiger partial charge on any atom is 0.243 e. The third kappa shape index (κ3) is 4.38. The first-order valence-electron chi connectivity index (χ1n) is 8.06. The van der Waals surface area contributed by atoms with Gasteiger partial charge in [0.1, 0.15) is 0 Å². The van der Waals surface area contributed by atoms with Crippen LogP contribution in [-0.4, -0.2) is 15.7 Å². The lowest BCUT2D eigenvalue weighted by atomic mass is 9.83. The molecule has 2 aromatic rings. The summed E-state index contributed by atoms with van der Waals surface area (Å²) in [6.45, 7) is 12.7. The number of anilines is 1. The fraction of sp³-hybridized carbons (Fsp3) is 0.421. The minimum Gasteiger partial charge on any atom is -0.245 e. The predicted octanol–water partition coefficient (Wildman–Crippen LogP) is 4.48. The Morgan fingerprint density at radius 2 is 1.87 bits per heavy atom. The zero-order valence-corrected chi connectivity index (χ0v) is 14.9. The first-order valence-corrected chi connectivity index (χ1v) is 8.06. The molecule has 0 aliphatic heterocycles. The maximum atomic E-state index is 4.50. The summed E-state index contributed by atoms with van der Waals surface area (Å²) < 4.78 is 0. The summed E-state index contributed by atoms with van der Waals surface area (Å²) in [5, 5.41) is 4.50. The van der Waals surface area contributed by atoms with E-state index in [9.17, 15) is 0 Å². The van der Waals surface area contributed by atoms with Gasteiger partial charge in [-0.05, 0) is 37.3 Å². The van der Waals surface area contributed by atoms with Crippen molar-refractivity contribution in [3.8, 4) is 0 Å². The van der Waals surface area contributed by atoms with E-state index in [4.69, 9.17) is 0 Å². The Morgan fingerprint density at radius 1 is 1.17 bits per heavy atom. The molecule has 0 aliphatic carbocycles. The van der Waals surface area contributed by atoms with E-state index in [1.165, 1.54) is 5.56 Å². The molecule has 1 heterocycles. The van der Waals surface area contributed by atoms with Gasteiger partial charge in [0.25, 0.3) is 0 Å². The van der Waals surface area contributed by atoms with Crippen molar-refractivity contribution in [2.45, 2.75) is 53.4 Å². The van der Waals surface area contributed by atoms with Gasteiger partial charge in [-0.2, -0.15) is 5.10 Å². The van der Waals surface area contributed by atoms with Crippen LogP contribution in [0, 0.1) is 6.92 Å². The highest BCUT2D eigenvalue weighted by Gasteiger charge is 2.18. The zero-order chi connectivity index (χ0) is 17.0. The lowest BCUT2D eigenvalue weighted by Gasteiger charge is -2.22. The van der Waals surface area contributed by atoms with E-state index >= 15 is 0 Å². The van der Waals surface area contributed by atoms with Crippen LogP contribution in [0.3, 0.4) is 0 Å². The first-order chi connectivity index (χ1) is 10.8. The Balaban J connectivity index is 2.30. The number of hydrazone groups is 1. The van der Waals surface area contributed by atoms with Gasteiger partial charge in [-0.1, -0.05) is 52.0 Å². The Labute approximate surface area is 139 Å². The summed E-state index contributed by atoms with van der Waals surface area (Å²) in [4.78, 5) is 8.85. The molecule has 4 nitrogen and oxygen atoms in total. The summed E-state index contributed by atoms with van der Waals surface area (Å²) >= 11 is 0. The van der Waals surface area contributed by atoms with Crippen molar-refractivity contribution >= 4 is 11.7 Å². The smallest absolute Gasteiger partial charge is 0.243 e. The summed E-state index contributed by atoms with van der Waals surface area (Å²) in [7, 11) is 0. The zero-order valence-electron chi connectivity index (χ0n) is 14.9.